The summed E-state index contributed by atoms with van der Waals surface area (Å²) in [6.45, 7) is 0. The van der Waals surface area contributed by atoms with Crippen molar-refractivity contribution in [2.75, 3.05) is 5.32 Å². The molecule has 1 amide bonds. The minimum absolute atomic E-state index is 0.151. The van der Waals surface area contributed by atoms with Crippen LogP contribution in [0, 0.1) is 0 Å². The van der Waals surface area contributed by atoms with Crippen molar-refractivity contribution in [3.8, 4) is 0 Å². The molecule has 1 aromatic carbocycles. The topological polar surface area (TPSA) is 79.3 Å². The zero-order valence-electron chi connectivity index (χ0n) is 9.59. The number of rotatable bonds is 4. The summed E-state index contributed by atoms with van der Waals surface area (Å²) in [6.07, 6.45) is -0.151. The molecule has 2 N–H and O–H groups in total. The van der Waals surface area contributed by atoms with E-state index in [0.29, 0.717) is 20.9 Å². The SMILES string of the molecule is O=C(O)Cc1csc(NC(=O)c2ccccc2Br)n1. The standard InChI is InChI=1S/C12H9BrN2O3S/c13-9-4-2-1-3-8(9)11(18)15-12-14-7(6-19-12)5-10(16)17/h1-4,6H,5H2,(H,16,17)(H,14,15,18). The summed E-state index contributed by atoms with van der Waals surface area (Å²) < 4.78 is 0.690. The summed E-state index contributed by atoms with van der Waals surface area (Å²) in [4.78, 5) is 26.5. The number of halogens is 1. The average molecular weight is 341 g/mol. The number of carboxylic acids is 1. The predicted molar refractivity (Wildman–Crippen MR) is 75.5 cm³/mol. The number of anilines is 1. The number of aromatic nitrogens is 1. The minimum Gasteiger partial charge on any atom is -0.481 e. The Morgan fingerprint density at radius 3 is 2.79 bits per heavy atom. The average Bonchev–Trinajstić information content (AvgIpc) is 2.76. The number of hydrogen-bond acceptors (Lipinski definition) is 4. The highest BCUT2D eigenvalue weighted by molar-refractivity contribution is 9.10. The Bertz CT molecular complexity index is 627. The molecule has 5 nitrogen and oxygen atoms in total. The third kappa shape index (κ3) is 3.62. The van der Waals surface area contributed by atoms with Crippen LogP contribution in [0.25, 0.3) is 0 Å². The summed E-state index contributed by atoms with van der Waals surface area (Å²) in [5, 5.41) is 13.3. The van der Waals surface area contributed by atoms with Gasteiger partial charge in [-0.05, 0) is 28.1 Å². The van der Waals surface area contributed by atoms with Crippen molar-refractivity contribution in [1.29, 1.82) is 0 Å². The molecule has 0 bridgehead atoms. The largest absolute Gasteiger partial charge is 0.481 e. The Labute approximate surface area is 121 Å². The molecule has 2 rings (SSSR count). The van der Waals surface area contributed by atoms with Crippen LogP contribution in [0.15, 0.2) is 34.1 Å². The highest BCUT2D eigenvalue weighted by Gasteiger charge is 2.12. The fourth-order valence-corrected chi connectivity index (χ4v) is 2.58. The second-order valence-corrected chi connectivity index (χ2v) is 5.36. The van der Waals surface area contributed by atoms with Crippen LogP contribution < -0.4 is 5.32 Å². The molecule has 0 saturated heterocycles. The smallest absolute Gasteiger partial charge is 0.309 e. The molecule has 1 heterocycles. The third-order valence-corrected chi connectivity index (χ3v) is 3.72. The van der Waals surface area contributed by atoms with E-state index in [1.54, 1.807) is 23.6 Å². The van der Waals surface area contributed by atoms with Crippen molar-refractivity contribution in [3.05, 3.63) is 45.4 Å². The molecule has 7 heteroatoms. The maximum absolute atomic E-state index is 12.0. The molecule has 0 unspecified atom stereocenters. The summed E-state index contributed by atoms with van der Waals surface area (Å²) in [5.41, 5.74) is 0.928. The number of amides is 1. The highest BCUT2D eigenvalue weighted by Crippen LogP contribution is 2.20. The van der Waals surface area contributed by atoms with Crippen LogP contribution in [0.4, 0.5) is 5.13 Å². The number of benzene rings is 1. The zero-order chi connectivity index (χ0) is 13.8. The Morgan fingerprint density at radius 1 is 1.37 bits per heavy atom. The van der Waals surface area contributed by atoms with Crippen LogP contribution in [0.1, 0.15) is 16.1 Å². The highest BCUT2D eigenvalue weighted by atomic mass is 79.9. The van der Waals surface area contributed by atoms with Crippen molar-refractivity contribution >= 4 is 44.3 Å². The molecule has 98 valence electrons. The van der Waals surface area contributed by atoms with E-state index in [1.165, 1.54) is 11.3 Å². The summed E-state index contributed by atoms with van der Waals surface area (Å²) in [5.74, 6) is -1.24. The lowest BCUT2D eigenvalue weighted by molar-refractivity contribution is -0.136. The quantitative estimate of drug-likeness (QED) is 0.896. The molecule has 0 fully saturated rings. The van der Waals surface area contributed by atoms with Gasteiger partial charge < -0.3 is 5.11 Å². The van der Waals surface area contributed by atoms with Gasteiger partial charge in [0.15, 0.2) is 5.13 Å². The van der Waals surface area contributed by atoms with Crippen molar-refractivity contribution in [2.45, 2.75) is 6.42 Å². The van der Waals surface area contributed by atoms with E-state index in [0.717, 1.165) is 0 Å². The van der Waals surface area contributed by atoms with Crippen molar-refractivity contribution in [3.63, 3.8) is 0 Å². The lowest BCUT2D eigenvalue weighted by Gasteiger charge is -2.03. The van der Waals surface area contributed by atoms with Gasteiger partial charge in [-0.25, -0.2) is 4.98 Å². The zero-order valence-corrected chi connectivity index (χ0v) is 12.0. The molecule has 0 atom stereocenters. The lowest BCUT2D eigenvalue weighted by atomic mass is 10.2. The van der Waals surface area contributed by atoms with Gasteiger partial charge in [-0.1, -0.05) is 12.1 Å². The van der Waals surface area contributed by atoms with Crippen LogP contribution in [0.2, 0.25) is 0 Å². The number of nitrogens with zero attached hydrogens (tertiary/aromatic N) is 1. The first-order valence-corrected chi connectivity index (χ1v) is 6.95. The molecule has 19 heavy (non-hydrogen) atoms. The van der Waals surface area contributed by atoms with Gasteiger partial charge in [0.2, 0.25) is 0 Å². The van der Waals surface area contributed by atoms with Gasteiger partial charge in [0.25, 0.3) is 5.91 Å². The van der Waals surface area contributed by atoms with E-state index in [1.807, 2.05) is 6.07 Å². The maximum atomic E-state index is 12.0. The summed E-state index contributed by atoms with van der Waals surface area (Å²) in [7, 11) is 0. The van der Waals surface area contributed by atoms with Crippen LogP contribution in [-0.4, -0.2) is 22.0 Å². The number of thiazole rings is 1. The number of nitrogens with one attached hydrogen (secondary N) is 1. The molecule has 1 aromatic heterocycles. The number of carbonyl (C=O) groups is 2. The first-order chi connectivity index (χ1) is 9.06. The number of carbonyl (C=O) groups excluding carboxylic acids is 1. The molecule has 2 aromatic rings. The Hall–Kier alpha value is -1.73. The molecule has 0 aliphatic rings. The van der Waals surface area contributed by atoms with Gasteiger partial charge in [-0.15, -0.1) is 11.3 Å². The number of hydrogen-bond donors (Lipinski definition) is 2. The fraction of sp³-hybridized carbons (Fsp3) is 0.0833. The van der Waals surface area contributed by atoms with Gasteiger partial charge in [0.05, 0.1) is 17.7 Å². The second-order valence-electron chi connectivity index (χ2n) is 3.65. The van der Waals surface area contributed by atoms with Gasteiger partial charge in [-0.3, -0.25) is 14.9 Å². The molecule has 0 aliphatic carbocycles. The Balaban J connectivity index is 2.09. The Kier molecular flexibility index (Phi) is 4.28. The van der Waals surface area contributed by atoms with Crippen LogP contribution in [0.3, 0.4) is 0 Å². The van der Waals surface area contributed by atoms with E-state index >= 15 is 0 Å². The summed E-state index contributed by atoms with van der Waals surface area (Å²) >= 11 is 4.49. The van der Waals surface area contributed by atoms with Crippen molar-refractivity contribution in [1.82, 2.24) is 4.98 Å². The van der Waals surface area contributed by atoms with E-state index in [9.17, 15) is 9.59 Å². The summed E-state index contributed by atoms with van der Waals surface area (Å²) in [6, 6.07) is 7.03. The van der Waals surface area contributed by atoms with E-state index in [2.05, 4.69) is 26.2 Å². The van der Waals surface area contributed by atoms with Crippen LogP contribution >= 0.6 is 27.3 Å². The fourth-order valence-electron chi connectivity index (χ4n) is 1.41. The number of carboxylic acid groups (broad SMARTS) is 1. The van der Waals surface area contributed by atoms with E-state index < -0.39 is 5.97 Å². The Morgan fingerprint density at radius 2 is 2.11 bits per heavy atom. The normalized spacial score (nSPS) is 10.2. The lowest BCUT2D eigenvalue weighted by Crippen LogP contribution is -2.12. The van der Waals surface area contributed by atoms with Gasteiger partial charge in [0, 0.05) is 9.85 Å². The first kappa shape index (κ1) is 13.7. The van der Waals surface area contributed by atoms with Gasteiger partial charge >= 0.3 is 5.97 Å². The van der Waals surface area contributed by atoms with E-state index in [-0.39, 0.29) is 12.3 Å². The maximum Gasteiger partial charge on any atom is 0.309 e. The monoisotopic (exact) mass is 340 g/mol. The van der Waals surface area contributed by atoms with Gasteiger partial charge in [-0.2, -0.15) is 0 Å². The van der Waals surface area contributed by atoms with E-state index in [4.69, 9.17) is 5.11 Å². The second kappa shape index (κ2) is 5.94. The minimum atomic E-state index is -0.950. The molecule has 0 aliphatic heterocycles. The molecular weight excluding hydrogens is 332 g/mol. The first-order valence-electron chi connectivity index (χ1n) is 5.28. The third-order valence-electron chi connectivity index (χ3n) is 2.22. The van der Waals surface area contributed by atoms with Crippen molar-refractivity contribution < 1.29 is 14.7 Å². The number of aliphatic carboxylic acids is 1. The molecule has 0 saturated carbocycles. The molecular formula is C12H9BrN2O3S. The van der Waals surface area contributed by atoms with Crippen molar-refractivity contribution in [2.24, 2.45) is 0 Å². The molecule has 0 radical (unpaired) electrons. The van der Waals surface area contributed by atoms with Crippen LogP contribution in [-0.2, 0) is 11.2 Å². The molecule has 0 spiro atoms. The van der Waals surface area contributed by atoms with Gasteiger partial charge in [0.1, 0.15) is 0 Å². The van der Waals surface area contributed by atoms with Crippen LogP contribution in [0.5, 0.6) is 0 Å². The predicted octanol–water partition coefficient (Wildman–Crippen LogP) is 2.79.